The van der Waals surface area contributed by atoms with Crippen molar-refractivity contribution in [2.75, 3.05) is 6.54 Å². The van der Waals surface area contributed by atoms with Crippen molar-refractivity contribution in [2.24, 2.45) is 0 Å². The lowest BCUT2D eigenvalue weighted by Crippen LogP contribution is -2.43. The van der Waals surface area contributed by atoms with Gasteiger partial charge in [-0.05, 0) is 54.8 Å². The molecule has 0 saturated heterocycles. The highest BCUT2D eigenvalue weighted by Gasteiger charge is 2.35. The van der Waals surface area contributed by atoms with Crippen molar-refractivity contribution in [3.63, 3.8) is 0 Å². The molecule has 1 aliphatic heterocycles. The van der Waals surface area contributed by atoms with E-state index in [-0.39, 0.29) is 17.7 Å². The minimum Gasteiger partial charge on any atom is -0.273 e. The molecule has 0 atom stereocenters. The molecule has 6 nitrogen and oxygen atoms in total. The van der Waals surface area contributed by atoms with Crippen molar-refractivity contribution in [3.8, 4) is 23.0 Å². The molecule has 0 N–H and O–H groups in total. The third-order valence-electron chi connectivity index (χ3n) is 6.47. The third kappa shape index (κ3) is 4.93. The summed E-state index contributed by atoms with van der Waals surface area (Å²) in [6.07, 6.45) is 4.04. The van der Waals surface area contributed by atoms with E-state index in [9.17, 15) is 14.9 Å². The highest BCUT2D eigenvalue weighted by atomic mass is 35.5. The standard InChI is InChI=1S/C31H23ClN4O2/c1-21-27(30(37)35(31(38)28(21)19-33)17-16-22-8-4-2-5-9-22)18-24-20-36(26-10-6-3-7-11-26)34-29(24)23-12-14-25(32)15-13-23/h2-15,18,20H,16-17H2,1H3/b27-18+. The number of imide groups is 1. The molecule has 1 aromatic heterocycles. The Labute approximate surface area is 225 Å². The second-order valence-electron chi connectivity index (χ2n) is 8.89. The zero-order valence-corrected chi connectivity index (χ0v) is 21.4. The number of para-hydroxylation sites is 1. The summed E-state index contributed by atoms with van der Waals surface area (Å²) in [5.41, 5.74) is 4.60. The van der Waals surface area contributed by atoms with Crippen LogP contribution in [0.3, 0.4) is 0 Å². The molecule has 7 heteroatoms. The molecule has 0 bridgehead atoms. The molecule has 3 aromatic carbocycles. The number of hydrogen-bond donors (Lipinski definition) is 0. The van der Waals surface area contributed by atoms with Gasteiger partial charge in [-0.1, -0.05) is 72.3 Å². The van der Waals surface area contributed by atoms with E-state index in [4.69, 9.17) is 16.7 Å². The Morgan fingerprint density at radius 2 is 1.58 bits per heavy atom. The van der Waals surface area contributed by atoms with Gasteiger partial charge in [-0.2, -0.15) is 10.4 Å². The Morgan fingerprint density at radius 1 is 0.921 bits per heavy atom. The van der Waals surface area contributed by atoms with Crippen LogP contribution in [0, 0.1) is 11.3 Å². The zero-order chi connectivity index (χ0) is 26.6. The summed E-state index contributed by atoms with van der Waals surface area (Å²) in [5, 5.41) is 15.2. The summed E-state index contributed by atoms with van der Waals surface area (Å²) in [4.78, 5) is 27.9. The molecule has 0 radical (unpaired) electrons. The number of halogens is 1. The Hall–Kier alpha value is -4.73. The largest absolute Gasteiger partial charge is 0.273 e. The minimum atomic E-state index is -0.569. The highest BCUT2D eigenvalue weighted by Crippen LogP contribution is 2.31. The third-order valence-corrected chi connectivity index (χ3v) is 6.73. The van der Waals surface area contributed by atoms with Crippen molar-refractivity contribution >= 4 is 29.5 Å². The fourth-order valence-corrected chi connectivity index (χ4v) is 4.54. The monoisotopic (exact) mass is 518 g/mol. The second kappa shape index (κ2) is 10.7. The predicted octanol–water partition coefficient (Wildman–Crippen LogP) is 6.03. The number of nitriles is 1. The van der Waals surface area contributed by atoms with Crippen LogP contribution in [-0.2, 0) is 16.0 Å². The smallest absolute Gasteiger partial charge is 0.271 e. The quantitative estimate of drug-likeness (QED) is 0.231. The number of rotatable bonds is 6. The van der Waals surface area contributed by atoms with Gasteiger partial charge in [0.25, 0.3) is 11.8 Å². The number of nitrogens with zero attached hydrogens (tertiary/aromatic N) is 4. The Balaban J connectivity index is 1.60. The Kier molecular flexibility index (Phi) is 7.03. The molecule has 38 heavy (non-hydrogen) atoms. The number of hydrogen-bond acceptors (Lipinski definition) is 4. The summed E-state index contributed by atoms with van der Waals surface area (Å²) in [6.45, 7) is 1.81. The van der Waals surface area contributed by atoms with Crippen LogP contribution in [0.5, 0.6) is 0 Å². The molecule has 4 aromatic rings. The maximum absolute atomic E-state index is 13.7. The molecular formula is C31H23ClN4O2. The first kappa shape index (κ1) is 24.9. The van der Waals surface area contributed by atoms with Crippen molar-refractivity contribution in [3.05, 3.63) is 124 Å². The van der Waals surface area contributed by atoms with Crippen LogP contribution in [0.2, 0.25) is 5.02 Å². The van der Waals surface area contributed by atoms with Crippen molar-refractivity contribution in [1.29, 1.82) is 5.26 Å². The van der Waals surface area contributed by atoms with E-state index in [0.717, 1.165) is 21.7 Å². The lowest BCUT2D eigenvalue weighted by atomic mass is 9.93. The van der Waals surface area contributed by atoms with Gasteiger partial charge in [0.15, 0.2) is 0 Å². The van der Waals surface area contributed by atoms with Gasteiger partial charge in [-0.3, -0.25) is 14.5 Å². The lowest BCUT2D eigenvalue weighted by Gasteiger charge is -2.27. The molecule has 0 spiro atoms. The predicted molar refractivity (Wildman–Crippen MR) is 147 cm³/mol. The van der Waals surface area contributed by atoms with E-state index in [1.54, 1.807) is 29.8 Å². The van der Waals surface area contributed by atoms with Crippen molar-refractivity contribution < 1.29 is 9.59 Å². The molecular weight excluding hydrogens is 496 g/mol. The van der Waals surface area contributed by atoms with E-state index >= 15 is 0 Å². The van der Waals surface area contributed by atoms with Crippen molar-refractivity contribution in [2.45, 2.75) is 13.3 Å². The van der Waals surface area contributed by atoms with Gasteiger partial charge in [-0.25, -0.2) is 4.68 Å². The summed E-state index contributed by atoms with van der Waals surface area (Å²) >= 11 is 6.11. The maximum Gasteiger partial charge on any atom is 0.271 e. The van der Waals surface area contributed by atoms with Gasteiger partial charge < -0.3 is 0 Å². The highest BCUT2D eigenvalue weighted by molar-refractivity contribution is 6.30. The molecule has 186 valence electrons. The number of amides is 2. The molecule has 2 amide bonds. The summed E-state index contributed by atoms with van der Waals surface area (Å²) in [6, 6.07) is 28.6. The first-order valence-corrected chi connectivity index (χ1v) is 12.5. The van der Waals surface area contributed by atoms with Gasteiger partial charge in [0.1, 0.15) is 11.6 Å². The van der Waals surface area contributed by atoms with Gasteiger partial charge in [0.2, 0.25) is 0 Å². The average molecular weight is 519 g/mol. The van der Waals surface area contributed by atoms with Gasteiger partial charge in [-0.15, -0.1) is 0 Å². The van der Waals surface area contributed by atoms with Gasteiger partial charge in [0.05, 0.1) is 11.4 Å². The fourth-order valence-electron chi connectivity index (χ4n) is 4.41. The van der Waals surface area contributed by atoms with Crippen LogP contribution in [-0.4, -0.2) is 33.0 Å². The first-order chi connectivity index (χ1) is 18.5. The zero-order valence-electron chi connectivity index (χ0n) is 20.6. The minimum absolute atomic E-state index is 0.0348. The lowest BCUT2D eigenvalue weighted by molar-refractivity contribution is -0.140. The summed E-state index contributed by atoms with van der Waals surface area (Å²) < 4.78 is 1.74. The van der Waals surface area contributed by atoms with E-state index in [1.165, 1.54) is 0 Å². The van der Waals surface area contributed by atoms with E-state index < -0.39 is 11.8 Å². The van der Waals surface area contributed by atoms with E-state index in [1.807, 2.05) is 85.1 Å². The molecule has 1 aliphatic rings. The molecule has 2 heterocycles. The number of aromatic nitrogens is 2. The maximum atomic E-state index is 13.7. The van der Waals surface area contributed by atoms with Crippen LogP contribution < -0.4 is 0 Å². The van der Waals surface area contributed by atoms with Gasteiger partial charge in [0, 0.05) is 34.5 Å². The SMILES string of the molecule is CC1=C(C#N)C(=O)N(CCc2ccccc2)C(=O)/C1=C/c1cn(-c2ccccc2)nc1-c1ccc(Cl)cc1. The normalized spacial score (nSPS) is 14.8. The summed E-state index contributed by atoms with van der Waals surface area (Å²) in [5.74, 6) is -1.00. The number of carbonyl (C=O) groups excluding carboxylic acids is 2. The molecule has 5 rings (SSSR count). The number of benzene rings is 3. The molecule has 0 aliphatic carbocycles. The Bertz CT molecular complexity index is 1610. The van der Waals surface area contributed by atoms with E-state index in [0.29, 0.717) is 28.3 Å². The Morgan fingerprint density at radius 3 is 2.24 bits per heavy atom. The van der Waals surface area contributed by atoms with Crippen LogP contribution >= 0.6 is 11.6 Å². The summed E-state index contributed by atoms with van der Waals surface area (Å²) in [7, 11) is 0. The molecule has 0 unspecified atom stereocenters. The second-order valence-corrected chi connectivity index (χ2v) is 9.32. The molecule has 0 fully saturated rings. The van der Waals surface area contributed by atoms with Crippen LogP contribution in [0.1, 0.15) is 18.1 Å². The van der Waals surface area contributed by atoms with E-state index in [2.05, 4.69) is 0 Å². The van der Waals surface area contributed by atoms with Gasteiger partial charge >= 0.3 is 0 Å². The van der Waals surface area contributed by atoms with Crippen LogP contribution in [0.25, 0.3) is 23.0 Å². The van der Waals surface area contributed by atoms with Crippen LogP contribution in [0.4, 0.5) is 0 Å². The first-order valence-electron chi connectivity index (χ1n) is 12.1. The average Bonchev–Trinajstić information content (AvgIpc) is 3.37. The topological polar surface area (TPSA) is 79.0 Å². The van der Waals surface area contributed by atoms with Crippen LogP contribution in [0.15, 0.2) is 108 Å². The van der Waals surface area contributed by atoms with Crippen molar-refractivity contribution in [1.82, 2.24) is 14.7 Å². The molecule has 0 saturated carbocycles. The fraction of sp³-hybridized carbons (Fsp3) is 0.0968. The number of carbonyl (C=O) groups is 2.